The summed E-state index contributed by atoms with van der Waals surface area (Å²) in [5.41, 5.74) is 4.77. The van der Waals surface area contributed by atoms with E-state index in [0.717, 1.165) is 24.1 Å². The number of cyclic esters (lactones) is 2. The van der Waals surface area contributed by atoms with Gasteiger partial charge in [-0.15, -0.1) is 0 Å². The first-order valence-corrected chi connectivity index (χ1v) is 13.3. The molecule has 0 spiro atoms. The fraction of sp³-hybridized carbons (Fsp3) is 0.483. The maximum Gasteiger partial charge on any atom is 0.490 e. The zero-order valence-corrected chi connectivity index (χ0v) is 22.4. The van der Waals surface area contributed by atoms with Crippen molar-refractivity contribution in [1.82, 2.24) is 9.80 Å². The average molecular weight is 561 g/mol. The van der Waals surface area contributed by atoms with Gasteiger partial charge in [0.25, 0.3) is 0 Å². The predicted octanol–water partition coefficient (Wildman–Crippen LogP) is 3.77. The lowest BCUT2D eigenvalue weighted by molar-refractivity contribution is -0.206. The second-order valence-corrected chi connectivity index (χ2v) is 10.6. The van der Waals surface area contributed by atoms with Crippen molar-refractivity contribution >= 4 is 17.9 Å². The molecule has 0 unspecified atom stereocenters. The summed E-state index contributed by atoms with van der Waals surface area (Å²) in [5, 5.41) is 0. The molecule has 2 atom stereocenters. The van der Waals surface area contributed by atoms with Crippen LogP contribution in [0.1, 0.15) is 61.6 Å². The zero-order chi connectivity index (χ0) is 28.6. The van der Waals surface area contributed by atoms with Crippen LogP contribution in [0.2, 0.25) is 0 Å². The molecule has 3 heterocycles. The van der Waals surface area contributed by atoms with E-state index in [1.165, 1.54) is 6.07 Å². The van der Waals surface area contributed by atoms with Gasteiger partial charge in [-0.05, 0) is 54.7 Å². The standard InChI is InChI=1S/C29H31F3N2O6/c1-17-13-20-14-19(3-4-22(20)27(36)39-17)7-8-33-9-11-34(12-10-33)15-25(40-28(37)29(30,31)32)21-5-6-23-24(18(21)2)16-38-26(23)35/h3-6,14,17,25H,7-13,15-16H2,1-2H3/t17-,25+/m1/s1. The van der Waals surface area contributed by atoms with Crippen molar-refractivity contribution in [2.24, 2.45) is 0 Å². The Morgan fingerprint density at radius 2 is 1.75 bits per heavy atom. The van der Waals surface area contributed by atoms with Crippen LogP contribution in [0.25, 0.3) is 0 Å². The topological polar surface area (TPSA) is 85.4 Å². The lowest BCUT2D eigenvalue weighted by Crippen LogP contribution is -2.48. The van der Waals surface area contributed by atoms with Gasteiger partial charge in [-0.2, -0.15) is 13.2 Å². The Kier molecular flexibility index (Phi) is 7.87. The van der Waals surface area contributed by atoms with Gasteiger partial charge in [-0.25, -0.2) is 14.4 Å². The van der Waals surface area contributed by atoms with Gasteiger partial charge in [0, 0.05) is 51.3 Å². The van der Waals surface area contributed by atoms with E-state index in [1.807, 2.05) is 24.0 Å². The highest BCUT2D eigenvalue weighted by Crippen LogP contribution is 2.33. The number of carbonyl (C=O) groups excluding carboxylic acids is 3. The summed E-state index contributed by atoms with van der Waals surface area (Å²) in [6.07, 6.45) is -4.90. The third kappa shape index (κ3) is 6.00. The minimum absolute atomic E-state index is 0.0415. The van der Waals surface area contributed by atoms with E-state index in [9.17, 15) is 27.6 Å². The summed E-state index contributed by atoms with van der Waals surface area (Å²) in [7, 11) is 0. The van der Waals surface area contributed by atoms with Crippen LogP contribution in [0.3, 0.4) is 0 Å². The highest BCUT2D eigenvalue weighted by molar-refractivity contribution is 5.94. The molecule has 0 bridgehead atoms. The Labute approximate surface area is 230 Å². The van der Waals surface area contributed by atoms with Gasteiger partial charge in [0.15, 0.2) is 0 Å². The monoisotopic (exact) mass is 560 g/mol. The van der Waals surface area contributed by atoms with Gasteiger partial charge in [0.2, 0.25) is 0 Å². The minimum atomic E-state index is -5.12. The summed E-state index contributed by atoms with van der Waals surface area (Å²) in [6.45, 7) is 7.13. The molecule has 40 heavy (non-hydrogen) atoms. The molecule has 0 aliphatic carbocycles. The number of carbonyl (C=O) groups is 3. The van der Waals surface area contributed by atoms with Crippen LogP contribution in [0.15, 0.2) is 30.3 Å². The van der Waals surface area contributed by atoms with Crippen molar-refractivity contribution in [3.05, 3.63) is 69.3 Å². The second kappa shape index (κ2) is 11.2. The SMILES string of the molecule is Cc1c([C@H](CN2CCN(CCc3ccc4c(c3)C[C@@H](C)OC4=O)CC2)OC(=O)C(F)(F)F)ccc2c1COC2=O. The van der Waals surface area contributed by atoms with Gasteiger partial charge in [-0.1, -0.05) is 18.2 Å². The predicted molar refractivity (Wildman–Crippen MR) is 137 cm³/mol. The summed E-state index contributed by atoms with van der Waals surface area (Å²) in [6, 6.07) is 8.90. The largest absolute Gasteiger partial charge is 0.490 e. The Morgan fingerprint density at radius 3 is 2.48 bits per heavy atom. The van der Waals surface area contributed by atoms with E-state index in [1.54, 1.807) is 13.0 Å². The summed E-state index contributed by atoms with van der Waals surface area (Å²) in [5.74, 6) is -3.00. The number of hydrogen-bond acceptors (Lipinski definition) is 8. The number of halogens is 3. The molecule has 2 aromatic rings. The Bertz CT molecular complexity index is 1320. The van der Waals surface area contributed by atoms with Crippen LogP contribution in [-0.2, 0) is 38.5 Å². The minimum Gasteiger partial charge on any atom is -0.459 e. The molecule has 214 valence electrons. The molecule has 2 aromatic carbocycles. The first-order chi connectivity index (χ1) is 19.0. The molecule has 0 amide bonds. The molecular formula is C29H31F3N2O6. The van der Waals surface area contributed by atoms with Gasteiger partial charge in [0.1, 0.15) is 18.8 Å². The molecule has 3 aliphatic rings. The molecule has 0 radical (unpaired) electrons. The third-order valence-electron chi connectivity index (χ3n) is 7.85. The van der Waals surface area contributed by atoms with Crippen LogP contribution >= 0.6 is 0 Å². The van der Waals surface area contributed by atoms with E-state index >= 15 is 0 Å². The van der Waals surface area contributed by atoms with Gasteiger partial charge < -0.3 is 19.1 Å². The number of fused-ring (bicyclic) bond motifs is 2. The van der Waals surface area contributed by atoms with Crippen molar-refractivity contribution < 1.29 is 41.8 Å². The van der Waals surface area contributed by atoms with Crippen LogP contribution < -0.4 is 0 Å². The van der Waals surface area contributed by atoms with E-state index in [-0.39, 0.29) is 25.2 Å². The number of esters is 3. The summed E-state index contributed by atoms with van der Waals surface area (Å²) >= 11 is 0. The fourth-order valence-corrected chi connectivity index (χ4v) is 5.60. The molecule has 1 saturated heterocycles. The van der Waals surface area contributed by atoms with Crippen LogP contribution in [0.4, 0.5) is 13.2 Å². The first kappa shape index (κ1) is 28.1. The normalized spacial score (nSPS) is 20.4. The number of benzene rings is 2. The lowest BCUT2D eigenvalue weighted by Gasteiger charge is -2.36. The molecule has 0 aromatic heterocycles. The molecule has 0 saturated carbocycles. The number of hydrogen-bond donors (Lipinski definition) is 0. The summed E-state index contributed by atoms with van der Waals surface area (Å²) in [4.78, 5) is 40.0. The van der Waals surface area contributed by atoms with Crippen LogP contribution in [0.5, 0.6) is 0 Å². The molecule has 11 heteroatoms. The van der Waals surface area contributed by atoms with Gasteiger partial charge >= 0.3 is 24.1 Å². The van der Waals surface area contributed by atoms with Crippen molar-refractivity contribution in [3.8, 4) is 0 Å². The molecule has 5 rings (SSSR count). The number of nitrogens with zero attached hydrogens (tertiary/aromatic N) is 2. The maximum absolute atomic E-state index is 13.1. The maximum atomic E-state index is 13.1. The Morgan fingerprint density at radius 1 is 1.05 bits per heavy atom. The van der Waals surface area contributed by atoms with Crippen molar-refractivity contribution in [2.75, 3.05) is 39.3 Å². The number of alkyl halides is 3. The Balaban J connectivity index is 1.21. The van der Waals surface area contributed by atoms with Gasteiger partial charge in [0.05, 0.1) is 11.1 Å². The molecule has 0 N–H and O–H groups in total. The third-order valence-corrected chi connectivity index (χ3v) is 7.85. The number of ether oxygens (including phenoxy) is 3. The van der Waals surface area contributed by atoms with E-state index < -0.39 is 24.2 Å². The van der Waals surface area contributed by atoms with E-state index in [2.05, 4.69) is 11.0 Å². The van der Waals surface area contributed by atoms with Crippen molar-refractivity contribution in [1.29, 1.82) is 0 Å². The highest BCUT2D eigenvalue weighted by Gasteiger charge is 2.43. The Hall–Kier alpha value is -3.44. The smallest absolute Gasteiger partial charge is 0.459 e. The van der Waals surface area contributed by atoms with Crippen LogP contribution in [-0.4, -0.2) is 79.3 Å². The second-order valence-electron chi connectivity index (χ2n) is 10.6. The fourth-order valence-electron chi connectivity index (χ4n) is 5.60. The first-order valence-electron chi connectivity index (χ1n) is 13.3. The average Bonchev–Trinajstić information content (AvgIpc) is 3.28. The van der Waals surface area contributed by atoms with Crippen LogP contribution in [0, 0.1) is 6.92 Å². The number of rotatable bonds is 7. The quantitative estimate of drug-likeness (QED) is 0.374. The highest BCUT2D eigenvalue weighted by atomic mass is 19.4. The molecule has 1 fully saturated rings. The molecule has 8 nitrogen and oxygen atoms in total. The van der Waals surface area contributed by atoms with Crippen molar-refractivity contribution in [3.63, 3.8) is 0 Å². The van der Waals surface area contributed by atoms with Gasteiger partial charge in [-0.3, -0.25) is 4.90 Å². The zero-order valence-electron chi connectivity index (χ0n) is 22.4. The summed E-state index contributed by atoms with van der Waals surface area (Å²) < 4.78 is 54.6. The molecular weight excluding hydrogens is 529 g/mol. The lowest BCUT2D eigenvalue weighted by atomic mass is 9.95. The van der Waals surface area contributed by atoms with Crippen molar-refractivity contribution in [2.45, 2.75) is 51.7 Å². The van der Waals surface area contributed by atoms with E-state index in [0.29, 0.717) is 60.4 Å². The molecule has 3 aliphatic heterocycles. The number of piperazine rings is 1. The van der Waals surface area contributed by atoms with E-state index in [4.69, 9.17) is 14.2 Å².